The molecule has 5 rings (SSSR count). The van der Waals surface area contributed by atoms with Gasteiger partial charge in [0.25, 0.3) is 5.56 Å². The molecule has 158 valence electrons. The minimum atomic E-state index is -0.106. The van der Waals surface area contributed by atoms with E-state index in [1.165, 1.54) is 12.8 Å². The van der Waals surface area contributed by atoms with E-state index in [9.17, 15) is 10.1 Å². The lowest BCUT2D eigenvalue weighted by atomic mass is 10.0. The summed E-state index contributed by atoms with van der Waals surface area (Å²) in [7, 11) is 1.73. The number of fused-ring (bicyclic) bond motifs is 1. The molecule has 0 spiro atoms. The lowest BCUT2D eigenvalue weighted by Crippen LogP contribution is -2.25. The highest BCUT2D eigenvalue weighted by molar-refractivity contribution is 6.30. The number of benzene rings is 2. The minimum absolute atomic E-state index is 0.106. The predicted octanol–water partition coefficient (Wildman–Crippen LogP) is 5.67. The molecule has 6 heteroatoms. The minimum Gasteiger partial charge on any atom is -0.339 e. The van der Waals surface area contributed by atoms with Crippen LogP contribution in [0.5, 0.6) is 0 Å². The van der Waals surface area contributed by atoms with Crippen molar-refractivity contribution in [3.63, 3.8) is 0 Å². The molecule has 2 aromatic carbocycles. The zero-order valence-electron chi connectivity index (χ0n) is 17.6. The molecule has 1 aliphatic rings. The van der Waals surface area contributed by atoms with Gasteiger partial charge in [-0.1, -0.05) is 35.9 Å². The number of nitriles is 1. The lowest BCUT2D eigenvalue weighted by molar-refractivity contribution is 0.811. The summed E-state index contributed by atoms with van der Waals surface area (Å²) in [5.74, 6) is 0.572. The first-order valence-corrected chi connectivity index (χ1v) is 11.0. The molecule has 2 aromatic heterocycles. The van der Waals surface area contributed by atoms with Crippen LogP contribution in [0.25, 0.3) is 22.2 Å². The van der Waals surface area contributed by atoms with Gasteiger partial charge in [-0.2, -0.15) is 5.26 Å². The summed E-state index contributed by atoms with van der Waals surface area (Å²) in [5, 5.41) is 10.1. The van der Waals surface area contributed by atoms with Crippen molar-refractivity contribution in [2.75, 3.05) is 11.4 Å². The number of aromatic nitrogens is 2. The molecular weight excluding hydrogens is 420 g/mol. The molecular formula is C26H21ClN4O. The van der Waals surface area contributed by atoms with E-state index in [0.717, 1.165) is 29.0 Å². The lowest BCUT2D eigenvalue weighted by Gasteiger charge is -2.27. The molecule has 32 heavy (non-hydrogen) atoms. The van der Waals surface area contributed by atoms with Crippen LogP contribution in [0.3, 0.4) is 0 Å². The number of pyridine rings is 2. The Morgan fingerprint density at radius 1 is 1.09 bits per heavy atom. The van der Waals surface area contributed by atoms with Crippen molar-refractivity contribution in [2.24, 2.45) is 13.0 Å². The number of nitrogens with zero attached hydrogens (tertiary/aromatic N) is 4. The molecule has 0 unspecified atom stereocenters. The van der Waals surface area contributed by atoms with Crippen LogP contribution in [-0.4, -0.2) is 16.1 Å². The molecule has 0 amide bonds. The Labute approximate surface area is 191 Å². The van der Waals surface area contributed by atoms with E-state index >= 15 is 0 Å². The van der Waals surface area contributed by atoms with E-state index in [0.29, 0.717) is 27.7 Å². The van der Waals surface area contributed by atoms with Crippen molar-refractivity contribution >= 4 is 34.0 Å². The highest BCUT2D eigenvalue weighted by atomic mass is 35.5. The van der Waals surface area contributed by atoms with Crippen LogP contribution in [0, 0.1) is 17.2 Å². The monoisotopic (exact) mass is 440 g/mol. The maximum Gasteiger partial charge on any atom is 0.252 e. The van der Waals surface area contributed by atoms with E-state index in [4.69, 9.17) is 11.6 Å². The Morgan fingerprint density at radius 2 is 1.84 bits per heavy atom. The summed E-state index contributed by atoms with van der Waals surface area (Å²) in [6.45, 7) is 0.791. The summed E-state index contributed by atoms with van der Waals surface area (Å²) in [6, 6.07) is 23.2. The van der Waals surface area contributed by atoms with Gasteiger partial charge in [0.2, 0.25) is 0 Å². The quantitative estimate of drug-likeness (QED) is 0.401. The normalized spacial score (nSPS) is 13.2. The molecule has 0 N–H and O–H groups in total. The first kappa shape index (κ1) is 20.3. The van der Waals surface area contributed by atoms with Gasteiger partial charge in [0.1, 0.15) is 17.3 Å². The Kier molecular flexibility index (Phi) is 5.16. The molecule has 0 atom stereocenters. The molecule has 1 aliphatic carbocycles. The summed E-state index contributed by atoms with van der Waals surface area (Å²) in [5.41, 5.74) is 5.37. The highest BCUT2D eigenvalue weighted by Gasteiger charge is 2.27. The fourth-order valence-corrected chi connectivity index (χ4v) is 4.19. The molecule has 0 radical (unpaired) electrons. The van der Waals surface area contributed by atoms with Crippen LogP contribution in [0.1, 0.15) is 18.5 Å². The molecule has 1 saturated carbocycles. The molecule has 0 aliphatic heterocycles. The second kappa shape index (κ2) is 8.14. The van der Waals surface area contributed by atoms with Gasteiger partial charge in [0.05, 0.1) is 11.2 Å². The Bertz CT molecular complexity index is 1430. The number of rotatable bonds is 5. The second-order valence-electron chi connectivity index (χ2n) is 8.22. The third-order valence-electron chi connectivity index (χ3n) is 5.93. The first-order valence-electron chi connectivity index (χ1n) is 10.6. The average molecular weight is 441 g/mol. The van der Waals surface area contributed by atoms with Crippen LogP contribution in [0.15, 0.2) is 71.5 Å². The van der Waals surface area contributed by atoms with E-state index in [1.807, 2.05) is 36.4 Å². The fraction of sp³-hybridized carbons (Fsp3) is 0.192. The SMILES string of the molecule is Cn1c(=O)cc(N(CC2CC2)c2cccc(-c3cccc(Cl)c3)c2)c2nc(C#N)ccc21. The van der Waals surface area contributed by atoms with Gasteiger partial charge in [0, 0.05) is 30.4 Å². The summed E-state index contributed by atoms with van der Waals surface area (Å²) < 4.78 is 1.57. The third-order valence-corrected chi connectivity index (χ3v) is 6.16. The average Bonchev–Trinajstić information content (AvgIpc) is 3.64. The molecule has 1 fully saturated rings. The van der Waals surface area contributed by atoms with Crippen LogP contribution in [0.2, 0.25) is 5.02 Å². The second-order valence-corrected chi connectivity index (χ2v) is 8.65. The van der Waals surface area contributed by atoms with E-state index in [2.05, 4.69) is 28.1 Å². The summed E-state index contributed by atoms with van der Waals surface area (Å²) in [6.07, 6.45) is 2.34. The van der Waals surface area contributed by atoms with Crippen molar-refractivity contribution in [3.05, 3.63) is 87.8 Å². The topological polar surface area (TPSA) is 61.9 Å². The number of halogens is 1. The van der Waals surface area contributed by atoms with Crippen molar-refractivity contribution < 1.29 is 0 Å². The van der Waals surface area contributed by atoms with Crippen molar-refractivity contribution in [1.82, 2.24) is 9.55 Å². The molecule has 0 saturated heterocycles. The van der Waals surface area contributed by atoms with E-state index in [-0.39, 0.29) is 5.56 Å². The first-order chi connectivity index (χ1) is 15.5. The van der Waals surface area contributed by atoms with Crippen molar-refractivity contribution in [3.8, 4) is 17.2 Å². The third kappa shape index (κ3) is 3.86. The van der Waals surface area contributed by atoms with Gasteiger partial charge in [0.15, 0.2) is 0 Å². The Balaban J connectivity index is 1.70. The van der Waals surface area contributed by atoms with Gasteiger partial charge in [-0.3, -0.25) is 4.79 Å². The highest BCUT2D eigenvalue weighted by Crippen LogP contribution is 2.38. The maximum absolute atomic E-state index is 12.8. The summed E-state index contributed by atoms with van der Waals surface area (Å²) >= 11 is 6.21. The summed E-state index contributed by atoms with van der Waals surface area (Å²) in [4.78, 5) is 19.6. The zero-order chi connectivity index (χ0) is 22.2. The predicted molar refractivity (Wildman–Crippen MR) is 128 cm³/mol. The van der Waals surface area contributed by atoms with Crippen LogP contribution >= 0.6 is 11.6 Å². The molecule has 5 nitrogen and oxygen atoms in total. The van der Waals surface area contributed by atoms with E-state index < -0.39 is 0 Å². The number of anilines is 2. The van der Waals surface area contributed by atoms with Crippen molar-refractivity contribution in [1.29, 1.82) is 5.26 Å². The Hall–Kier alpha value is -3.62. The number of hydrogen-bond acceptors (Lipinski definition) is 4. The molecule has 2 heterocycles. The largest absolute Gasteiger partial charge is 0.339 e. The van der Waals surface area contributed by atoms with Crippen molar-refractivity contribution in [2.45, 2.75) is 12.8 Å². The molecule has 0 bridgehead atoms. The maximum atomic E-state index is 12.8. The standard InChI is InChI=1S/C26H21ClN4O/c1-30-23-11-10-21(15-28)29-26(23)24(14-25(30)32)31(16-17-8-9-17)22-7-3-5-19(13-22)18-4-2-6-20(27)12-18/h2-7,10-14,17H,8-9,16H2,1H3. The van der Waals surface area contributed by atoms with Crippen LogP contribution < -0.4 is 10.5 Å². The van der Waals surface area contributed by atoms with Crippen LogP contribution in [-0.2, 0) is 7.05 Å². The van der Waals surface area contributed by atoms with Gasteiger partial charge in [-0.25, -0.2) is 4.98 Å². The van der Waals surface area contributed by atoms with Crippen LogP contribution in [0.4, 0.5) is 11.4 Å². The smallest absolute Gasteiger partial charge is 0.252 e. The van der Waals surface area contributed by atoms with Gasteiger partial charge < -0.3 is 9.47 Å². The van der Waals surface area contributed by atoms with Gasteiger partial charge in [-0.05, 0) is 66.3 Å². The fourth-order valence-electron chi connectivity index (χ4n) is 4.00. The zero-order valence-corrected chi connectivity index (χ0v) is 18.4. The number of hydrogen-bond donors (Lipinski definition) is 0. The molecule has 4 aromatic rings. The van der Waals surface area contributed by atoms with Gasteiger partial charge in [-0.15, -0.1) is 0 Å². The van der Waals surface area contributed by atoms with Gasteiger partial charge >= 0.3 is 0 Å². The number of aryl methyl sites for hydroxylation is 1. The Morgan fingerprint density at radius 3 is 2.56 bits per heavy atom. The van der Waals surface area contributed by atoms with E-state index in [1.54, 1.807) is 29.8 Å².